The molecule has 0 atom stereocenters. The zero-order chi connectivity index (χ0) is 27.4. The number of nitrogens with zero attached hydrogens (tertiary/aromatic N) is 2. The molecule has 5 nitrogen and oxygen atoms in total. The minimum atomic E-state index is -0.233. The van der Waals surface area contributed by atoms with E-state index in [4.69, 9.17) is 14.5 Å². The molecule has 6 heteroatoms. The molecule has 0 saturated carbocycles. The van der Waals surface area contributed by atoms with E-state index < -0.39 is 0 Å². The van der Waals surface area contributed by atoms with E-state index >= 15 is 0 Å². The smallest absolute Gasteiger partial charge is 0.310 e. The molecule has 202 valence electrons. The number of hydrogen-bond donors (Lipinski definition) is 0. The van der Waals surface area contributed by atoms with Crippen molar-refractivity contribution in [1.82, 2.24) is 4.98 Å². The quantitative estimate of drug-likeness (QED) is 0.279. The maximum atomic E-state index is 13.1. The summed E-state index contributed by atoms with van der Waals surface area (Å²) in [6, 6.07) is 14.6. The van der Waals surface area contributed by atoms with Gasteiger partial charge in [0, 0.05) is 42.0 Å². The topological polar surface area (TPSA) is 51.7 Å². The van der Waals surface area contributed by atoms with Gasteiger partial charge < -0.3 is 14.4 Å². The van der Waals surface area contributed by atoms with Crippen LogP contribution < -0.4 is 9.64 Å². The van der Waals surface area contributed by atoms with Gasteiger partial charge in [-0.2, -0.15) is 0 Å². The van der Waals surface area contributed by atoms with Crippen molar-refractivity contribution in [1.29, 1.82) is 0 Å². The fourth-order valence-electron chi connectivity index (χ4n) is 5.00. The third-order valence-electron chi connectivity index (χ3n) is 7.23. The normalized spacial score (nSPS) is 13.7. The molecule has 0 radical (unpaired) electrons. The van der Waals surface area contributed by atoms with Crippen molar-refractivity contribution >= 4 is 11.7 Å². The molecule has 0 spiro atoms. The number of hydrogen-bond acceptors (Lipinski definition) is 5. The minimum Gasteiger partial charge on any atom is -0.493 e. The maximum absolute atomic E-state index is 13.1. The Balaban J connectivity index is 1.60. The molecule has 1 fully saturated rings. The number of aromatic nitrogens is 1. The highest BCUT2D eigenvalue weighted by Crippen LogP contribution is 2.42. The Labute approximate surface area is 226 Å². The molecule has 0 unspecified atom stereocenters. The molecule has 1 saturated heterocycles. The van der Waals surface area contributed by atoms with E-state index in [1.54, 1.807) is 12.1 Å². The second-order valence-electron chi connectivity index (χ2n) is 10.9. The summed E-state index contributed by atoms with van der Waals surface area (Å²) in [5, 5.41) is 0. The number of anilines is 1. The SMILES string of the molecule is Cc1nc(C)c(-c2ccc(OCCc3ccc(F)cc3)cc2)c(N2CC(C(C)C)C2)c1CC(=O)OC(C)C. The molecule has 38 heavy (non-hydrogen) atoms. The number of rotatable bonds is 10. The fraction of sp³-hybridized carbons (Fsp3) is 0.438. The second-order valence-corrected chi connectivity index (χ2v) is 10.9. The molecular weight excluding hydrogens is 479 g/mol. The molecule has 2 heterocycles. The molecule has 0 amide bonds. The van der Waals surface area contributed by atoms with Crippen molar-refractivity contribution in [3.8, 4) is 16.9 Å². The number of halogens is 1. The number of carbonyl (C=O) groups is 1. The van der Waals surface area contributed by atoms with Crippen LogP contribution in [0.3, 0.4) is 0 Å². The zero-order valence-corrected chi connectivity index (χ0v) is 23.4. The fourth-order valence-corrected chi connectivity index (χ4v) is 5.00. The van der Waals surface area contributed by atoms with Gasteiger partial charge in [-0.05, 0) is 74.9 Å². The average Bonchev–Trinajstić information content (AvgIpc) is 2.82. The second kappa shape index (κ2) is 12.0. The average molecular weight is 519 g/mol. The third kappa shape index (κ3) is 6.53. The Hall–Kier alpha value is -3.41. The van der Waals surface area contributed by atoms with Crippen LogP contribution in [0.25, 0.3) is 11.1 Å². The molecule has 0 N–H and O–H groups in total. The van der Waals surface area contributed by atoms with Crippen LogP contribution in [0.5, 0.6) is 5.75 Å². The standard InChI is InChI=1S/C32H39FN2O3/c1-20(2)26-18-35(19-26)32-29(17-30(36)38-21(3)4)22(5)34-23(6)31(32)25-9-13-28(14-10-25)37-16-15-24-7-11-27(33)12-8-24/h7-14,20-21,26H,15-19H2,1-6H3. The Morgan fingerprint density at radius 3 is 2.26 bits per heavy atom. The van der Waals surface area contributed by atoms with Crippen molar-refractivity contribution in [2.75, 3.05) is 24.6 Å². The van der Waals surface area contributed by atoms with Crippen LogP contribution in [0.1, 0.15) is 50.2 Å². The first-order valence-corrected chi connectivity index (χ1v) is 13.5. The van der Waals surface area contributed by atoms with Crippen LogP contribution in [0, 0.1) is 31.5 Å². The number of ether oxygens (including phenoxy) is 2. The molecule has 0 bridgehead atoms. The van der Waals surface area contributed by atoms with Crippen molar-refractivity contribution in [3.63, 3.8) is 0 Å². The van der Waals surface area contributed by atoms with E-state index in [-0.39, 0.29) is 24.3 Å². The van der Waals surface area contributed by atoms with Crippen molar-refractivity contribution < 1.29 is 18.7 Å². The molecule has 0 aliphatic carbocycles. The molecule has 1 aromatic heterocycles. The summed E-state index contributed by atoms with van der Waals surface area (Å²) in [5.74, 6) is 1.55. The lowest BCUT2D eigenvalue weighted by Gasteiger charge is -2.45. The molecule has 2 aromatic carbocycles. The lowest BCUT2D eigenvalue weighted by molar-refractivity contribution is -0.146. The number of pyridine rings is 1. The summed E-state index contributed by atoms with van der Waals surface area (Å²) < 4.78 is 24.6. The summed E-state index contributed by atoms with van der Waals surface area (Å²) in [7, 11) is 0. The van der Waals surface area contributed by atoms with Crippen LogP contribution in [-0.4, -0.2) is 36.8 Å². The largest absolute Gasteiger partial charge is 0.493 e. The van der Waals surface area contributed by atoms with Gasteiger partial charge in [0.1, 0.15) is 11.6 Å². The summed E-state index contributed by atoms with van der Waals surface area (Å²) in [4.78, 5) is 20.0. The highest BCUT2D eigenvalue weighted by molar-refractivity contribution is 5.87. The van der Waals surface area contributed by atoms with Gasteiger partial charge in [0.25, 0.3) is 0 Å². The summed E-state index contributed by atoms with van der Waals surface area (Å²) in [5.41, 5.74) is 6.99. The van der Waals surface area contributed by atoms with E-state index in [2.05, 4.69) is 30.9 Å². The Bertz CT molecular complexity index is 1250. The van der Waals surface area contributed by atoms with E-state index in [1.165, 1.54) is 12.1 Å². The monoisotopic (exact) mass is 518 g/mol. The van der Waals surface area contributed by atoms with Gasteiger partial charge >= 0.3 is 5.97 Å². The zero-order valence-electron chi connectivity index (χ0n) is 23.4. The van der Waals surface area contributed by atoms with Gasteiger partial charge in [0.05, 0.1) is 24.8 Å². The summed E-state index contributed by atoms with van der Waals surface area (Å²) in [6.07, 6.45) is 0.747. The van der Waals surface area contributed by atoms with E-state index in [0.29, 0.717) is 24.9 Å². The Morgan fingerprint density at radius 2 is 1.66 bits per heavy atom. The van der Waals surface area contributed by atoms with Crippen LogP contribution >= 0.6 is 0 Å². The van der Waals surface area contributed by atoms with E-state index in [0.717, 1.165) is 58.2 Å². The van der Waals surface area contributed by atoms with Crippen LogP contribution in [0.15, 0.2) is 48.5 Å². The van der Waals surface area contributed by atoms with Gasteiger partial charge in [-0.1, -0.05) is 38.1 Å². The Morgan fingerprint density at radius 1 is 1.00 bits per heavy atom. The third-order valence-corrected chi connectivity index (χ3v) is 7.23. The highest BCUT2D eigenvalue weighted by atomic mass is 19.1. The van der Waals surface area contributed by atoms with Crippen molar-refractivity contribution in [2.45, 2.75) is 60.5 Å². The van der Waals surface area contributed by atoms with E-state index in [9.17, 15) is 9.18 Å². The number of carbonyl (C=O) groups excluding carboxylic acids is 1. The van der Waals surface area contributed by atoms with Gasteiger partial charge in [-0.25, -0.2) is 4.39 Å². The van der Waals surface area contributed by atoms with Gasteiger partial charge in [-0.15, -0.1) is 0 Å². The predicted octanol–water partition coefficient (Wildman–Crippen LogP) is 6.71. The van der Waals surface area contributed by atoms with Crippen LogP contribution in [0.4, 0.5) is 10.1 Å². The first kappa shape index (κ1) is 27.6. The van der Waals surface area contributed by atoms with Crippen LogP contribution in [0.2, 0.25) is 0 Å². The van der Waals surface area contributed by atoms with Gasteiger partial charge in [-0.3, -0.25) is 9.78 Å². The number of esters is 1. The molecule has 3 aromatic rings. The van der Waals surface area contributed by atoms with Gasteiger partial charge in [0.15, 0.2) is 0 Å². The van der Waals surface area contributed by atoms with Crippen molar-refractivity contribution in [2.24, 2.45) is 11.8 Å². The number of aryl methyl sites for hydroxylation is 2. The van der Waals surface area contributed by atoms with Crippen LogP contribution in [-0.2, 0) is 22.4 Å². The maximum Gasteiger partial charge on any atom is 0.310 e. The molecule has 4 rings (SSSR count). The molecule has 1 aliphatic rings. The molecule has 1 aliphatic heterocycles. The first-order valence-electron chi connectivity index (χ1n) is 13.5. The highest BCUT2D eigenvalue weighted by Gasteiger charge is 2.34. The number of benzene rings is 2. The minimum absolute atomic E-state index is 0.158. The Kier molecular flexibility index (Phi) is 8.70. The predicted molar refractivity (Wildman–Crippen MR) is 150 cm³/mol. The molecular formula is C32H39FN2O3. The lowest BCUT2D eigenvalue weighted by Crippen LogP contribution is -2.50. The summed E-state index contributed by atoms with van der Waals surface area (Å²) >= 11 is 0. The first-order chi connectivity index (χ1) is 18.1. The summed E-state index contributed by atoms with van der Waals surface area (Å²) in [6.45, 7) is 14.7. The van der Waals surface area contributed by atoms with E-state index in [1.807, 2.05) is 39.8 Å². The van der Waals surface area contributed by atoms with Crippen molar-refractivity contribution in [3.05, 3.63) is 76.9 Å². The lowest BCUT2D eigenvalue weighted by atomic mass is 9.85. The van der Waals surface area contributed by atoms with Gasteiger partial charge in [0.2, 0.25) is 0 Å².